The van der Waals surface area contributed by atoms with Gasteiger partial charge in [0.1, 0.15) is 17.3 Å². The molecule has 0 atom stereocenters. The van der Waals surface area contributed by atoms with E-state index in [4.69, 9.17) is 4.42 Å². The first-order valence-electron chi connectivity index (χ1n) is 6.56. The Morgan fingerprint density at radius 3 is 2.71 bits per heavy atom. The molecule has 2 aromatic rings. The van der Waals surface area contributed by atoms with Crippen LogP contribution in [0.3, 0.4) is 0 Å². The Balaban J connectivity index is 1.69. The summed E-state index contributed by atoms with van der Waals surface area (Å²) in [5.74, 6) is -1.20. The van der Waals surface area contributed by atoms with Crippen LogP contribution in [0.2, 0.25) is 0 Å². The monoisotopic (exact) mass is 315 g/mol. The lowest BCUT2D eigenvalue weighted by atomic mass is 10.1. The topological polar surface area (TPSA) is 25.2 Å². The number of rotatable bonds is 8. The zero-order valence-electron chi connectivity index (χ0n) is 11.3. The SMILES string of the molecule is Fc1cccc(CCNCc2ccc(CSC(F)F)o2)c1. The van der Waals surface area contributed by atoms with Gasteiger partial charge >= 0.3 is 0 Å². The summed E-state index contributed by atoms with van der Waals surface area (Å²) in [4.78, 5) is 0. The highest BCUT2D eigenvalue weighted by atomic mass is 32.2. The lowest BCUT2D eigenvalue weighted by Gasteiger charge is -2.03. The molecule has 0 fully saturated rings. The van der Waals surface area contributed by atoms with Crippen LogP contribution in [-0.4, -0.2) is 12.3 Å². The molecule has 1 aromatic heterocycles. The summed E-state index contributed by atoms with van der Waals surface area (Å²) in [7, 11) is 0. The van der Waals surface area contributed by atoms with Gasteiger partial charge in [0.05, 0.1) is 12.3 Å². The molecule has 0 radical (unpaired) electrons. The quantitative estimate of drug-likeness (QED) is 0.739. The van der Waals surface area contributed by atoms with Gasteiger partial charge in [-0.25, -0.2) is 4.39 Å². The number of benzene rings is 1. The van der Waals surface area contributed by atoms with Gasteiger partial charge < -0.3 is 9.73 Å². The van der Waals surface area contributed by atoms with Crippen molar-refractivity contribution in [2.75, 3.05) is 6.54 Å². The predicted octanol–water partition coefficient (Wildman–Crippen LogP) is 4.21. The van der Waals surface area contributed by atoms with Gasteiger partial charge in [0.15, 0.2) is 0 Å². The second-order valence-electron chi connectivity index (χ2n) is 4.50. The van der Waals surface area contributed by atoms with Gasteiger partial charge in [0, 0.05) is 0 Å². The maximum Gasteiger partial charge on any atom is 0.284 e. The van der Waals surface area contributed by atoms with Crippen LogP contribution >= 0.6 is 11.8 Å². The van der Waals surface area contributed by atoms with Gasteiger partial charge in [0.25, 0.3) is 5.76 Å². The summed E-state index contributed by atoms with van der Waals surface area (Å²) in [5, 5.41) is 3.18. The van der Waals surface area contributed by atoms with Gasteiger partial charge in [-0.1, -0.05) is 23.9 Å². The molecule has 0 spiro atoms. The zero-order chi connectivity index (χ0) is 15.1. The van der Waals surface area contributed by atoms with Crippen LogP contribution < -0.4 is 5.32 Å². The number of alkyl halides is 2. The molecule has 114 valence electrons. The molecule has 0 bridgehead atoms. The normalized spacial score (nSPS) is 11.2. The summed E-state index contributed by atoms with van der Waals surface area (Å²) in [6.07, 6.45) is 0.715. The van der Waals surface area contributed by atoms with Crippen LogP contribution in [0.15, 0.2) is 40.8 Å². The largest absolute Gasteiger partial charge is 0.464 e. The van der Waals surface area contributed by atoms with Crippen LogP contribution in [0.25, 0.3) is 0 Å². The summed E-state index contributed by atoms with van der Waals surface area (Å²) in [6.45, 7) is 1.21. The summed E-state index contributed by atoms with van der Waals surface area (Å²) >= 11 is 0.542. The molecule has 1 aromatic carbocycles. The first-order chi connectivity index (χ1) is 10.1. The van der Waals surface area contributed by atoms with Crippen LogP contribution in [0.5, 0.6) is 0 Å². The highest BCUT2D eigenvalue weighted by Crippen LogP contribution is 2.21. The molecular weight excluding hydrogens is 299 g/mol. The molecule has 0 amide bonds. The van der Waals surface area contributed by atoms with Crippen molar-refractivity contribution in [2.24, 2.45) is 0 Å². The number of furan rings is 1. The number of nitrogens with one attached hydrogen (secondary N) is 1. The molecule has 0 saturated heterocycles. The van der Waals surface area contributed by atoms with Crippen molar-refractivity contribution in [1.82, 2.24) is 5.32 Å². The van der Waals surface area contributed by atoms with Crippen LogP contribution in [0.1, 0.15) is 17.1 Å². The van der Waals surface area contributed by atoms with E-state index in [1.807, 2.05) is 6.07 Å². The predicted molar refractivity (Wildman–Crippen MR) is 77.8 cm³/mol. The summed E-state index contributed by atoms with van der Waals surface area (Å²) in [6, 6.07) is 9.96. The van der Waals surface area contributed by atoms with E-state index in [1.54, 1.807) is 18.2 Å². The molecule has 0 saturated carbocycles. The van der Waals surface area contributed by atoms with E-state index < -0.39 is 5.76 Å². The number of hydrogen-bond acceptors (Lipinski definition) is 3. The van der Waals surface area contributed by atoms with Crippen molar-refractivity contribution in [1.29, 1.82) is 0 Å². The molecule has 0 aliphatic rings. The molecule has 1 heterocycles. The molecule has 0 aliphatic heterocycles. The third-order valence-corrected chi connectivity index (χ3v) is 3.55. The fourth-order valence-electron chi connectivity index (χ4n) is 1.88. The van der Waals surface area contributed by atoms with E-state index in [0.29, 0.717) is 42.8 Å². The zero-order valence-corrected chi connectivity index (χ0v) is 12.1. The second kappa shape index (κ2) is 8.14. The second-order valence-corrected chi connectivity index (χ2v) is 5.47. The Hall–Kier alpha value is -1.40. The van der Waals surface area contributed by atoms with Gasteiger partial charge in [0.2, 0.25) is 0 Å². The molecule has 2 nitrogen and oxygen atoms in total. The molecule has 2 rings (SSSR count). The maximum absolute atomic E-state index is 13.0. The molecule has 0 aliphatic carbocycles. The first kappa shape index (κ1) is 16.0. The van der Waals surface area contributed by atoms with Crippen LogP contribution in [0, 0.1) is 5.82 Å². The van der Waals surface area contributed by atoms with Crippen LogP contribution in [0.4, 0.5) is 13.2 Å². The Morgan fingerprint density at radius 2 is 1.95 bits per heavy atom. The lowest BCUT2D eigenvalue weighted by molar-refractivity contribution is 0.251. The fraction of sp³-hybridized carbons (Fsp3) is 0.333. The molecule has 21 heavy (non-hydrogen) atoms. The van der Waals surface area contributed by atoms with E-state index >= 15 is 0 Å². The lowest BCUT2D eigenvalue weighted by Crippen LogP contribution is -2.16. The first-order valence-corrected chi connectivity index (χ1v) is 7.61. The summed E-state index contributed by atoms with van der Waals surface area (Å²) < 4.78 is 42.5. The minimum Gasteiger partial charge on any atom is -0.464 e. The van der Waals surface area contributed by atoms with Crippen molar-refractivity contribution < 1.29 is 17.6 Å². The van der Waals surface area contributed by atoms with E-state index in [1.165, 1.54) is 12.1 Å². The highest BCUT2D eigenvalue weighted by Gasteiger charge is 2.07. The van der Waals surface area contributed by atoms with Crippen molar-refractivity contribution >= 4 is 11.8 Å². The number of thioether (sulfide) groups is 1. The van der Waals surface area contributed by atoms with Gasteiger partial charge in [-0.15, -0.1) is 0 Å². The van der Waals surface area contributed by atoms with Gasteiger partial charge in [-0.2, -0.15) is 8.78 Å². The average Bonchev–Trinajstić information content (AvgIpc) is 2.89. The van der Waals surface area contributed by atoms with Crippen LogP contribution in [-0.2, 0) is 18.7 Å². The Morgan fingerprint density at radius 1 is 1.14 bits per heavy atom. The van der Waals surface area contributed by atoms with Crippen molar-refractivity contribution in [3.05, 3.63) is 59.3 Å². The minimum absolute atomic E-state index is 0.168. The van der Waals surface area contributed by atoms with Crippen molar-refractivity contribution in [3.8, 4) is 0 Å². The third-order valence-electron chi connectivity index (χ3n) is 2.85. The Labute approximate surface area is 125 Å². The van der Waals surface area contributed by atoms with Crippen molar-refractivity contribution in [2.45, 2.75) is 24.5 Å². The molecule has 0 unspecified atom stereocenters. The number of hydrogen-bond donors (Lipinski definition) is 1. The third kappa shape index (κ3) is 5.85. The van der Waals surface area contributed by atoms with E-state index in [-0.39, 0.29) is 11.6 Å². The summed E-state index contributed by atoms with van der Waals surface area (Å²) in [5.41, 5.74) is 0.927. The van der Waals surface area contributed by atoms with E-state index in [2.05, 4.69) is 5.32 Å². The molecular formula is C15H16F3NOS. The Bertz CT molecular complexity index is 559. The standard InChI is InChI=1S/C15H16F3NOS/c16-12-3-1-2-11(8-12)6-7-19-9-13-4-5-14(20-13)10-21-15(17)18/h1-5,8,15,19H,6-7,9-10H2. The highest BCUT2D eigenvalue weighted by molar-refractivity contribution is 7.98. The molecule has 6 heteroatoms. The van der Waals surface area contributed by atoms with Gasteiger partial charge in [-0.05, 0) is 42.8 Å². The average molecular weight is 315 g/mol. The van der Waals surface area contributed by atoms with E-state index in [0.717, 1.165) is 5.56 Å². The van der Waals surface area contributed by atoms with Gasteiger partial charge in [-0.3, -0.25) is 0 Å². The fourth-order valence-corrected chi connectivity index (χ4v) is 2.32. The number of halogens is 3. The minimum atomic E-state index is -2.39. The van der Waals surface area contributed by atoms with Crippen molar-refractivity contribution in [3.63, 3.8) is 0 Å². The Kier molecular flexibility index (Phi) is 6.20. The van der Waals surface area contributed by atoms with E-state index in [9.17, 15) is 13.2 Å². The molecule has 1 N–H and O–H groups in total. The smallest absolute Gasteiger partial charge is 0.284 e. The maximum atomic E-state index is 13.0.